The van der Waals surface area contributed by atoms with Crippen LogP contribution in [-0.2, 0) is 29.1 Å². The third kappa shape index (κ3) is 6.65. The van der Waals surface area contributed by atoms with Crippen molar-refractivity contribution in [3.05, 3.63) is 101 Å². The van der Waals surface area contributed by atoms with E-state index in [1.54, 1.807) is 31.1 Å². The number of carbonyl (C=O) groups excluding carboxylic acids is 2. The van der Waals surface area contributed by atoms with Crippen LogP contribution < -0.4 is 10.1 Å². The van der Waals surface area contributed by atoms with Crippen LogP contribution in [0.25, 0.3) is 0 Å². The van der Waals surface area contributed by atoms with Crippen LogP contribution in [0.15, 0.2) is 78.9 Å². The Morgan fingerprint density at radius 3 is 2.27 bits per heavy atom. The van der Waals surface area contributed by atoms with Crippen LogP contribution in [0.3, 0.4) is 0 Å². The summed E-state index contributed by atoms with van der Waals surface area (Å²) < 4.78 is 18.8. The molecule has 3 rings (SSSR count). The first-order chi connectivity index (χ1) is 16.0. The van der Waals surface area contributed by atoms with E-state index < -0.39 is 6.04 Å². The highest BCUT2D eigenvalue weighted by atomic mass is 19.1. The van der Waals surface area contributed by atoms with Crippen LogP contribution in [0.1, 0.15) is 30.0 Å². The van der Waals surface area contributed by atoms with Crippen LogP contribution >= 0.6 is 0 Å². The lowest BCUT2D eigenvalue weighted by Gasteiger charge is -2.31. The minimum Gasteiger partial charge on any atom is -0.496 e. The van der Waals surface area contributed by atoms with Crippen LogP contribution in [0.2, 0.25) is 0 Å². The molecule has 0 unspecified atom stereocenters. The molecule has 0 aliphatic carbocycles. The van der Waals surface area contributed by atoms with Crippen molar-refractivity contribution in [1.82, 2.24) is 10.2 Å². The SMILES string of the molecule is CCC(=O)N(Cc1ccc(F)cc1)[C@H](Cc1ccccc1)C(=O)NCc1ccccc1OC. The number of nitrogens with zero attached hydrogens (tertiary/aromatic N) is 1. The summed E-state index contributed by atoms with van der Waals surface area (Å²) in [6, 6.07) is 22.3. The Bertz CT molecular complexity index is 1050. The van der Waals surface area contributed by atoms with Crippen molar-refractivity contribution in [3.8, 4) is 5.75 Å². The van der Waals surface area contributed by atoms with Crippen molar-refractivity contribution in [3.63, 3.8) is 0 Å². The van der Waals surface area contributed by atoms with Crippen molar-refractivity contribution in [2.24, 2.45) is 0 Å². The van der Waals surface area contributed by atoms with Crippen LogP contribution in [0.4, 0.5) is 4.39 Å². The predicted molar refractivity (Wildman–Crippen MR) is 126 cm³/mol. The van der Waals surface area contributed by atoms with E-state index in [2.05, 4.69) is 5.32 Å². The second-order valence-corrected chi connectivity index (χ2v) is 7.74. The fraction of sp³-hybridized carbons (Fsp3) is 0.259. The average Bonchev–Trinajstić information content (AvgIpc) is 2.86. The molecule has 1 N–H and O–H groups in total. The van der Waals surface area contributed by atoms with E-state index in [4.69, 9.17) is 4.74 Å². The maximum Gasteiger partial charge on any atom is 0.243 e. The molecule has 1 atom stereocenters. The van der Waals surface area contributed by atoms with E-state index in [0.29, 0.717) is 12.2 Å². The van der Waals surface area contributed by atoms with Gasteiger partial charge in [-0.25, -0.2) is 4.39 Å². The molecule has 172 valence electrons. The Morgan fingerprint density at radius 2 is 1.61 bits per heavy atom. The van der Waals surface area contributed by atoms with E-state index in [0.717, 1.165) is 16.7 Å². The molecule has 33 heavy (non-hydrogen) atoms. The van der Waals surface area contributed by atoms with Crippen LogP contribution in [0.5, 0.6) is 5.75 Å². The summed E-state index contributed by atoms with van der Waals surface area (Å²) in [7, 11) is 1.59. The highest BCUT2D eigenvalue weighted by molar-refractivity contribution is 5.88. The number of amides is 2. The van der Waals surface area contributed by atoms with Gasteiger partial charge >= 0.3 is 0 Å². The molecule has 0 spiro atoms. The summed E-state index contributed by atoms with van der Waals surface area (Å²) >= 11 is 0. The molecule has 0 bridgehead atoms. The average molecular weight is 449 g/mol. The third-order valence-corrected chi connectivity index (χ3v) is 5.49. The Hall–Kier alpha value is -3.67. The summed E-state index contributed by atoms with van der Waals surface area (Å²) in [6.45, 7) is 2.26. The van der Waals surface area contributed by atoms with E-state index in [1.807, 2.05) is 54.6 Å². The first-order valence-corrected chi connectivity index (χ1v) is 11.0. The van der Waals surface area contributed by atoms with Gasteiger partial charge in [0.1, 0.15) is 17.6 Å². The van der Waals surface area contributed by atoms with E-state index in [1.165, 1.54) is 12.1 Å². The molecule has 0 fully saturated rings. The molecule has 0 radical (unpaired) electrons. The molecule has 0 aliphatic heterocycles. The molecule has 6 heteroatoms. The van der Waals surface area contributed by atoms with Gasteiger partial charge in [-0.2, -0.15) is 0 Å². The molecule has 0 saturated heterocycles. The number of rotatable bonds is 10. The summed E-state index contributed by atoms with van der Waals surface area (Å²) in [5.41, 5.74) is 2.55. The Labute approximate surface area is 194 Å². The van der Waals surface area contributed by atoms with Gasteiger partial charge in [0, 0.05) is 31.5 Å². The standard InChI is InChI=1S/C27H29FN2O3/c1-3-26(31)30(19-21-13-15-23(28)16-14-21)24(17-20-9-5-4-6-10-20)27(32)29-18-22-11-7-8-12-25(22)33-2/h4-16,24H,3,17-19H2,1-2H3,(H,29,32)/t24-/m1/s1. The van der Waals surface area contributed by atoms with Gasteiger partial charge in [-0.1, -0.05) is 67.6 Å². The number of carbonyl (C=O) groups is 2. The Morgan fingerprint density at radius 1 is 0.939 bits per heavy atom. The highest BCUT2D eigenvalue weighted by Crippen LogP contribution is 2.19. The normalized spacial score (nSPS) is 11.5. The molecule has 3 aromatic carbocycles. The highest BCUT2D eigenvalue weighted by Gasteiger charge is 2.29. The van der Waals surface area contributed by atoms with Crippen molar-refractivity contribution in [1.29, 1.82) is 0 Å². The first-order valence-electron chi connectivity index (χ1n) is 11.0. The van der Waals surface area contributed by atoms with Crippen molar-refractivity contribution in [2.45, 2.75) is 38.9 Å². The smallest absolute Gasteiger partial charge is 0.243 e. The number of halogens is 1. The molecule has 2 amide bonds. The van der Waals surface area contributed by atoms with Gasteiger partial charge < -0.3 is 15.0 Å². The third-order valence-electron chi connectivity index (χ3n) is 5.49. The summed E-state index contributed by atoms with van der Waals surface area (Å²) in [4.78, 5) is 27.9. The monoisotopic (exact) mass is 448 g/mol. The number of hydrogen-bond donors (Lipinski definition) is 1. The van der Waals surface area contributed by atoms with E-state index in [9.17, 15) is 14.0 Å². The Kier molecular flexibility index (Phi) is 8.58. The Balaban J connectivity index is 1.87. The lowest BCUT2D eigenvalue weighted by Crippen LogP contribution is -2.50. The van der Waals surface area contributed by atoms with Gasteiger partial charge in [0.05, 0.1) is 7.11 Å². The van der Waals surface area contributed by atoms with Crippen molar-refractivity contribution >= 4 is 11.8 Å². The minimum atomic E-state index is -0.723. The first kappa shape index (κ1) is 24.0. The molecule has 3 aromatic rings. The van der Waals surface area contributed by atoms with E-state index in [-0.39, 0.29) is 37.1 Å². The maximum absolute atomic E-state index is 13.4. The van der Waals surface area contributed by atoms with Gasteiger partial charge in [0.15, 0.2) is 0 Å². The zero-order chi connectivity index (χ0) is 23.6. The summed E-state index contributed by atoms with van der Waals surface area (Å²) in [5, 5.41) is 2.98. The number of ether oxygens (including phenoxy) is 1. The minimum absolute atomic E-state index is 0.146. The second kappa shape index (κ2) is 11.8. The molecule has 0 heterocycles. The van der Waals surface area contributed by atoms with Gasteiger partial charge in [-0.15, -0.1) is 0 Å². The topological polar surface area (TPSA) is 58.6 Å². The zero-order valence-electron chi connectivity index (χ0n) is 19.0. The quantitative estimate of drug-likeness (QED) is 0.497. The van der Waals surface area contributed by atoms with Crippen LogP contribution in [-0.4, -0.2) is 29.9 Å². The molecule has 0 aliphatic rings. The van der Waals surface area contributed by atoms with Crippen LogP contribution in [0, 0.1) is 5.82 Å². The van der Waals surface area contributed by atoms with E-state index >= 15 is 0 Å². The molecular weight excluding hydrogens is 419 g/mol. The molecule has 5 nitrogen and oxygen atoms in total. The maximum atomic E-state index is 13.4. The summed E-state index contributed by atoms with van der Waals surface area (Å²) in [6.07, 6.45) is 0.623. The predicted octanol–water partition coefficient (Wildman–Crippen LogP) is 4.50. The number of nitrogens with one attached hydrogen (secondary N) is 1. The summed E-state index contributed by atoms with van der Waals surface area (Å²) in [5.74, 6) is -0.0610. The lowest BCUT2D eigenvalue weighted by molar-refractivity contribution is -0.141. The largest absolute Gasteiger partial charge is 0.496 e. The van der Waals surface area contributed by atoms with Gasteiger partial charge in [-0.3, -0.25) is 9.59 Å². The zero-order valence-corrected chi connectivity index (χ0v) is 19.0. The van der Waals surface area contributed by atoms with Crippen molar-refractivity contribution < 1.29 is 18.7 Å². The van der Waals surface area contributed by atoms with Gasteiger partial charge in [-0.05, 0) is 29.3 Å². The van der Waals surface area contributed by atoms with Gasteiger partial charge in [0.25, 0.3) is 0 Å². The fourth-order valence-corrected chi connectivity index (χ4v) is 3.69. The second-order valence-electron chi connectivity index (χ2n) is 7.74. The molecular formula is C27H29FN2O3. The number of benzene rings is 3. The molecule has 0 saturated carbocycles. The van der Waals surface area contributed by atoms with Gasteiger partial charge in [0.2, 0.25) is 11.8 Å². The fourth-order valence-electron chi connectivity index (χ4n) is 3.69. The molecule has 0 aromatic heterocycles. The number of methoxy groups -OCH3 is 1. The number of hydrogen-bond acceptors (Lipinski definition) is 3. The number of para-hydroxylation sites is 1. The lowest BCUT2D eigenvalue weighted by atomic mass is 10.0. The van der Waals surface area contributed by atoms with Crippen molar-refractivity contribution in [2.75, 3.05) is 7.11 Å².